The molecule has 4 saturated carbocycles. The van der Waals surface area contributed by atoms with Crippen molar-refractivity contribution < 1.29 is 29.3 Å². The van der Waals surface area contributed by atoms with E-state index in [1.165, 1.54) is 57.8 Å². The Morgan fingerprint density at radius 1 is 0.754 bits per heavy atom. The summed E-state index contributed by atoms with van der Waals surface area (Å²) in [5.41, 5.74) is 0.0326. The number of nitrogens with one attached hydrogen (secondary N) is 1. The molecule has 0 aliphatic heterocycles. The highest BCUT2D eigenvalue weighted by Gasteiger charge is 2.63. The van der Waals surface area contributed by atoms with Gasteiger partial charge in [-0.05, 0) is 149 Å². The predicted octanol–water partition coefficient (Wildman–Crippen LogP) is 11.9. The maximum Gasteiger partial charge on any atom is 0.322 e. The van der Waals surface area contributed by atoms with Crippen LogP contribution < -0.4 is 5.32 Å². The molecule has 1 amide bonds. The molecule has 10 atom stereocenters. The zero-order valence-electron chi connectivity index (χ0n) is 36.4. The molecule has 0 aromatic rings. The van der Waals surface area contributed by atoms with Crippen LogP contribution in [-0.2, 0) is 19.1 Å². The molecule has 0 aromatic heterocycles. The second kappa shape index (κ2) is 24.4. The van der Waals surface area contributed by atoms with Gasteiger partial charge < -0.3 is 20.3 Å². The minimum absolute atomic E-state index is 0.0116. The van der Waals surface area contributed by atoms with Crippen LogP contribution in [0.4, 0.5) is 0 Å². The number of carbonyl (C=O) groups is 3. The molecule has 0 bridgehead atoms. The summed E-state index contributed by atoms with van der Waals surface area (Å²) in [7, 11) is 0. The summed E-state index contributed by atoms with van der Waals surface area (Å²) in [6.07, 6.45) is 42.8. The molecule has 7 nitrogen and oxygen atoms in total. The van der Waals surface area contributed by atoms with Gasteiger partial charge >= 0.3 is 11.9 Å². The summed E-state index contributed by atoms with van der Waals surface area (Å²) in [5.74, 6) is 1.57. The number of hydrogen-bond acceptors (Lipinski definition) is 5. The van der Waals surface area contributed by atoms with Crippen LogP contribution in [0.15, 0.2) is 48.6 Å². The molecule has 4 rings (SSSR count). The maximum absolute atomic E-state index is 12.9. The summed E-state index contributed by atoms with van der Waals surface area (Å²) in [5, 5.41) is 23.3. The standard InChI is InChI=1S/C50H81NO6/c1-5-6-7-8-9-10-11-12-13-14-15-16-17-18-19-20-21-22-23-24-25-26-48(56)57-40-33-34-49(3)39(35-40)28-29-41-43-31-30-42(50(43,4)45(52)36-44(41)49)38(2)27-32-46(53)51-37-47(54)55/h6-7,9-10,12-13,15-16,38-45,52H,5,8,11,14,17-37H2,1-4H3,(H,51,53)(H,54,55)/b7-6-,10-9-,13-12-,16-15-. The first kappa shape index (κ1) is 47.0. The zero-order chi connectivity index (χ0) is 41.1. The normalized spacial score (nSPS) is 31.8. The molecule has 322 valence electrons. The quantitative estimate of drug-likeness (QED) is 0.0482. The molecule has 4 aliphatic rings. The van der Waals surface area contributed by atoms with E-state index < -0.39 is 5.97 Å². The van der Waals surface area contributed by atoms with Crippen LogP contribution in [0.2, 0.25) is 0 Å². The Morgan fingerprint density at radius 3 is 2.05 bits per heavy atom. The number of carboxylic acid groups (broad SMARTS) is 1. The number of allylic oxidation sites excluding steroid dienone is 8. The molecular weight excluding hydrogens is 711 g/mol. The topological polar surface area (TPSA) is 113 Å². The van der Waals surface area contributed by atoms with E-state index in [1.807, 2.05) is 0 Å². The second-order valence-electron chi connectivity index (χ2n) is 18.9. The van der Waals surface area contributed by atoms with Crippen LogP contribution in [0.25, 0.3) is 0 Å². The Labute approximate surface area is 347 Å². The first-order valence-electron chi connectivity index (χ1n) is 23.5. The molecule has 0 saturated heterocycles. The van der Waals surface area contributed by atoms with E-state index in [9.17, 15) is 19.5 Å². The van der Waals surface area contributed by atoms with Crippen molar-refractivity contribution in [2.45, 2.75) is 194 Å². The monoisotopic (exact) mass is 792 g/mol. The van der Waals surface area contributed by atoms with Crippen molar-refractivity contribution in [2.24, 2.45) is 46.3 Å². The average Bonchev–Trinajstić information content (AvgIpc) is 3.55. The Morgan fingerprint density at radius 2 is 1.39 bits per heavy atom. The van der Waals surface area contributed by atoms with E-state index in [0.29, 0.717) is 54.8 Å². The van der Waals surface area contributed by atoms with Gasteiger partial charge in [0, 0.05) is 12.8 Å². The van der Waals surface area contributed by atoms with Crippen molar-refractivity contribution >= 4 is 17.8 Å². The summed E-state index contributed by atoms with van der Waals surface area (Å²) in [6, 6.07) is 0. The van der Waals surface area contributed by atoms with Gasteiger partial charge in [0.25, 0.3) is 0 Å². The van der Waals surface area contributed by atoms with Crippen LogP contribution in [0.5, 0.6) is 0 Å². The highest BCUT2D eigenvalue weighted by atomic mass is 16.5. The van der Waals surface area contributed by atoms with Gasteiger partial charge in [0.05, 0.1) is 6.10 Å². The first-order chi connectivity index (χ1) is 27.5. The molecule has 4 aliphatic carbocycles. The average molecular weight is 792 g/mol. The van der Waals surface area contributed by atoms with Crippen LogP contribution in [0.1, 0.15) is 182 Å². The number of carbonyl (C=O) groups excluding carboxylic acids is 2. The minimum atomic E-state index is -1.03. The number of aliphatic hydroxyl groups is 1. The van der Waals surface area contributed by atoms with Gasteiger partial charge in [-0.15, -0.1) is 0 Å². The van der Waals surface area contributed by atoms with Crippen molar-refractivity contribution in [1.82, 2.24) is 5.32 Å². The molecule has 7 heteroatoms. The van der Waals surface area contributed by atoms with Crippen molar-refractivity contribution in [3.05, 3.63) is 48.6 Å². The number of hydrogen-bond donors (Lipinski definition) is 3. The fourth-order valence-corrected chi connectivity index (χ4v) is 12.0. The third-order valence-electron chi connectivity index (χ3n) is 15.3. The van der Waals surface area contributed by atoms with Crippen LogP contribution in [0.3, 0.4) is 0 Å². The molecule has 4 fully saturated rings. The molecule has 57 heavy (non-hydrogen) atoms. The fraction of sp³-hybridized carbons (Fsp3) is 0.780. The van der Waals surface area contributed by atoms with E-state index in [0.717, 1.165) is 77.0 Å². The van der Waals surface area contributed by atoms with Crippen molar-refractivity contribution in [3.63, 3.8) is 0 Å². The lowest BCUT2D eigenvalue weighted by Crippen LogP contribution is -2.59. The largest absolute Gasteiger partial charge is 0.480 e. The Balaban J connectivity index is 1.06. The number of unbranched alkanes of at least 4 members (excludes halogenated alkanes) is 8. The molecule has 0 aromatic carbocycles. The summed E-state index contributed by atoms with van der Waals surface area (Å²) in [4.78, 5) is 36.0. The highest BCUT2D eigenvalue weighted by Crippen LogP contribution is 2.68. The van der Waals surface area contributed by atoms with E-state index in [4.69, 9.17) is 9.84 Å². The first-order valence-corrected chi connectivity index (χ1v) is 23.5. The van der Waals surface area contributed by atoms with Gasteiger partial charge in [-0.3, -0.25) is 14.4 Å². The number of esters is 1. The van der Waals surface area contributed by atoms with Gasteiger partial charge in [0.15, 0.2) is 0 Å². The Hall–Kier alpha value is -2.67. The van der Waals surface area contributed by atoms with E-state index in [2.05, 4.69) is 81.6 Å². The predicted molar refractivity (Wildman–Crippen MR) is 232 cm³/mol. The molecule has 0 spiro atoms. The van der Waals surface area contributed by atoms with Crippen molar-refractivity contribution in [2.75, 3.05) is 6.54 Å². The van der Waals surface area contributed by atoms with E-state index in [1.54, 1.807) is 0 Å². The highest BCUT2D eigenvalue weighted by molar-refractivity contribution is 5.81. The Bertz CT molecular complexity index is 1350. The molecular formula is C50H81NO6. The lowest BCUT2D eigenvalue weighted by molar-refractivity contribution is -0.181. The third-order valence-corrected chi connectivity index (χ3v) is 15.3. The number of carboxylic acids is 1. The van der Waals surface area contributed by atoms with Gasteiger partial charge in [-0.2, -0.15) is 0 Å². The van der Waals surface area contributed by atoms with Crippen LogP contribution >= 0.6 is 0 Å². The second-order valence-corrected chi connectivity index (χ2v) is 18.9. The SMILES string of the molecule is CC/C=C\C/C=C\C/C=C\C/C=C\CCCCCCCCCCC(=O)OC1CCC2(C)C(CCC3C2CC(O)C2(C)C(C(C)CCC(=O)NCC(=O)O)CCC32)C1. The van der Waals surface area contributed by atoms with Gasteiger partial charge in [0.1, 0.15) is 12.6 Å². The molecule has 3 N–H and O–H groups in total. The van der Waals surface area contributed by atoms with Gasteiger partial charge in [0.2, 0.25) is 5.91 Å². The van der Waals surface area contributed by atoms with E-state index >= 15 is 0 Å². The number of aliphatic carboxylic acids is 1. The number of rotatable bonds is 25. The maximum atomic E-state index is 12.9. The number of fused-ring (bicyclic) bond motifs is 5. The minimum Gasteiger partial charge on any atom is -0.480 e. The number of ether oxygens (including phenoxy) is 1. The van der Waals surface area contributed by atoms with Crippen LogP contribution in [-0.4, -0.2) is 46.8 Å². The molecule has 10 unspecified atom stereocenters. The fourth-order valence-electron chi connectivity index (χ4n) is 12.0. The lowest BCUT2D eigenvalue weighted by Gasteiger charge is -2.62. The third kappa shape index (κ3) is 14.0. The summed E-state index contributed by atoms with van der Waals surface area (Å²) < 4.78 is 6.12. The van der Waals surface area contributed by atoms with Gasteiger partial charge in [-0.1, -0.05) is 115 Å². The zero-order valence-corrected chi connectivity index (χ0v) is 36.4. The Kier molecular flexibility index (Phi) is 20.1. The van der Waals surface area contributed by atoms with Crippen LogP contribution in [0, 0.1) is 46.3 Å². The number of aliphatic hydroxyl groups excluding tert-OH is 1. The smallest absolute Gasteiger partial charge is 0.322 e. The summed E-state index contributed by atoms with van der Waals surface area (Å²) in [6.45, 7) is 8.87. The van der Waals surface area contributed by atoms with E-state index in [-0.39, 0.29) is 41.5 Å². The van der Waals surface area contributed by atoms with Gasteiger partial charge in [-0.25, -0.2) is 0 Å². The molecule has 0 heterocycles. The lowest BCUT2D eigenvalue weighted by atomic mass is 9.43. The summed E-state index contributed by atoms with van der Waals surface area (Å²) >= 11 is 0. The number of amides is 1. The molecule has 0 radical (unpaired) electrons. The van der Waals surface area contributed by atoms with Crippen molar-refractivity contribution in [1.29, 1.82) is 0 Å². The van der Waals surface area contributed by atoms with Crippen molar-refractivity contribution in [3.8, 4) is 0 Å².